The van der Waals surface area contributed by atoms with Crippen LogP contribution in [-0.2, 0) is 9.53 Å². The van der Waals surface area contributed by atoms with E-state index in [-0.39, 0.29) is 5.43 Å². The van der Waals surface area contributed by atoms with Crippen LogP contribution in [0.1, 0.15) is 59.8 Å². The molecular weight excluding hydrogens is 570 g/mol. The number of carbonyl (C=O) groups excluding carboxylic acids is 2. The van der Waals surface area contributed by atoms with E-state index in [0.29, 0.717) is 35.9 Å². The Labute approximate surface area is 265 Å². The van der Waals surface area contributed by atoms with Gasteiger partial charge in [-0.05, 0) is 76.1 Å². The van der Waals surface area contributed by atoms with Gasteiger partial charge in [-0.15, -0.1) is 6.58 Å². The lowest BCUT2D eigenvalue weighted by atomic mass is 10.1. The molecule has 1 aliphatic carbocycles. The summed E-state index contributed by atoms with van der Waals surface area (Å²) in [6.07, 6.45) is 8.04. The Morgan fingerprint density at radius 1 is 1.16 bits per heavy atom. The molecule has 3 unspecified atom stereocenters. The minimum atomic E-state index is -0.540. The predicted octanol–water partition coefficient (Wildman–Crippen LogP) is 7.13. The molecule has 2 aromatic carbocycles. The van der Waals surface area contributed by atoms with Crippen molar-refractivity contribution in [2.45, 2.75) is 71.4 Å². The maximum absolute atomic E-state index is 12.1. The molecule has 0 spiro atoms. The highest BCUT2D eigenvalue weighted by Gasteiger charge is 2.37. The van der Waals surface area contributed by atoms with Gasteiger partial charge in [-0.1, -0.05) is 49.8 Å². The molecule has 0 bridgehead atoms. The Kier molecular flexibility index (Phi) is 12.4. The van der Waals surface area contributed by atoms with Crippen LogP contribution in [0.2, 0.25) is 0 Å². The van der Waals surface area contributed by atoms with Crippen LogP contribution in [0.25, 0.3) is 22.2 Å². The van der Waals surface area contributed by atoms with E-state index in [1.165, 1.54) is 4.90 Å². The Bertz CT molecular complexity index is 1540. The molecular formula is C36H47N3O6. The molecule has 2 fully saturated rings. The molecule has 4 N–H and O–H groups in total. The third-order valence-electron chi connectivity index (χ3n) is 7.50. The third kappa shape index (κ3) is 10.3. The number of nitrogens with two attached hydrogens (primary N) is 1. The number of benzene rings is 2. The molecule has 1 saturated carbocycles. The van der Waals surface area contributed by atoms with E-state index in [1.807, 2.05) is 48.6 Å². The number of fused-ring (bicyclic) bond motifs is 1. The molecule has 3 atom stereocenters. The number of rotatable bonds is 7. The minimum absolute atomic E-state index is 0.00950. The smallest absolute Gasteiger partial charge is 0.410 e. The summed E-state index contributed by atoms with van der Waals surface area (Å²) in [6.45, 7) is 11.7. The summed E-state index contributed by atoms with van der Waals surface area (Å²) in [4.78, 5) is 39.5. The van der Waals surface area contributed by atoms with Gasteiger partial charge in [0, 0.05) is 35.7 Å². The first kappa shape index (κ1) is 35.0. The third-order valence-corrected chi connectivity index (χ3v) is 7.50. The molecule has 1 aliphatic heterocycles. The van der Waals surface area contributed by atoms with E-state index >= 15 is 0 Å². The Morgan fingerprint density at radius 3 is 2.44 bits per heavy atom. The van der Waals surface area contributed by atoms with E-state index < -0.39 is 23.6 Å². The zero-order chi connectivity index (χ0) is 33.1. The van der Waals surface area contributed by atoms with Gasteiger partial charge in [0.2, 0.25) is 5.91 Å². The number of hydrogen-bond acceptors (Lipinski definition) is 6. The maximum atomic E-state index is 12.1. The summed E-state index contributed by atoms with van der Waals surface area (Å²) in [6, 6.07) is 16.3. The second-order valence-electron chi connectivity index (χ2n) is 12.2. The van der Waals surface area contributed by atoms with Crippen LogP contribution in [0.5, 0.6) is 5.75 Å². The number of nitrogens with one attached hydrogen (secondary N) is 1. The number of unbranched alkanes of at least 4 members (excludes halogenated alkanes) is 1. The van der Waals surface area contributed by atoms with Crippen molar-refractivity contribution in [2.24, 2.45) is 17.6 Å². The average molecular weight is 618 g/mol. The van der Waals surface area contributed by atoms with Gasteiger partial charge in [0.05, 0.1) is 18.4 Å². The first-order valence-electron chi connectivity index (χ1n) is 15.5. The fourth-order valence-corrected chi connectivity index (χ4v) is 4.99. The highest BCUT2D eigenvalue weighted by molar-refractivity contribution is 5.85. The van der Waals surface area contributed by atoms with Gasteiger partial charge in [0.15, 0.2) is 5.43 Å². The van der Waals surface area contributed by atoms with Gasteiger partial charge < -0.3 is 25.3 Å². The van der Waals surface area contributed by atoms with Crippen LogP contribution in [0, 0.1) is 11.8 Å². The number of methoxy groups -OCH3 is 1. The number of amides is 2. The normalized spacial score (nSPS) is 19.0. The van der Waals surface area contributed by atoms with Crippen LogP contribution in [0.3, 0.4) is 0 Å². The molecule has 242 valence electrons. The second kappa shape index (κ2) is 16.0. The Morgan fingerprint density at radius 2 is 1.87 bits per heavy atom. The number of aromatic nitrogens is 1. The van der Waals surface area contributed by atoms with Crippen LogP contribution < -0.4 is 15.9 Å². The van der Waals surface area contributed by atoms with E-state index in [1.54, 1.807) is 46.1 Å². The van der Waals surface area contributed by atoms with Gasteiger partial charge in [-0.3, -0.25) is 14.5 Å². The molecule has 0 radical (unpaired) electrons. The first-order valence-corrected chi connectivity index (χ1v) is 15.5. The molecule has 3 aromatic rings. The summed E-state index contributed by atoms with van der Waals surface area (Å²) < 4.78 is 10.4. The number of aliphatic hydroxyl groups is 1. The average Bonchev–Trinajstić information content (AvgIpc) is 3.64. The minimum Gasteiger partial charge on any atom is -0.512 e. The van der Waals surface area contributed by atoms with Crippen LogP contribution in [0.4, 0.5) is 4.79 Å². The summed E-state index contributed by atoms with van der Waals surface area (Å²) in [5.74, 6) is 1.80. The number of carbonyl (C=O) groups is 2. The van der Waals surface area contributed by atoms with E-state index in [4.69, 9.17) is 15.2 Å². The van der Waals surface area contributed by atoms with Gasteiger partial charge in [-0.2, -0.15) is 0 Å². The summed E-state index contributed by atoms with van der Waals surface area (Å²) in [5.41, 5.74) is 7.26. The van der Waals surface area contributed by atoms with Crippen LogP contribution >= 0.6 is 0 Å². The molecule has 9 nitrogen and oxygen atoms in total. The molecule has 1 saturated heterocycles. The van der Waals surface area contributed by atoms with Gasteiger partial charge in [-0.25, -0.2) is 4.79 Å². The van der Waals surface area contributed by atoms with Crippen molar-refractivity contribution >= 4 is 22.9 Å². The zero-order valence-electron chi connectivity index (χ0n) is 27.0. The van der Waals surface area contributed by atoms with Gasteiger partial charge >= 0.3 is 6.09 Å². The number of likely N-dealkylation sites (tertiary alicyclic amines) is 1. The monoisotopic (exact) mass is 617 g/mol. The van der Waals surface area contributed by atoms with E-state index in [0.717, 1.165) is 48.2 Å². The topological polar surface area (TPSA) is 135 Å². The van der Waals surface area contributed by atoms with Crippen molar-refractivity contribution in [1.82, 2.24) is 9.88 Å². The maximum Gasteiger partial charge on any atom is 0.410 e. The highest BCUT2D eigenvalue weighted by Crippen LogP contribution is 2.43. The van der Waals surface area contributed by atoms with Gasteiger partial charge in [0.25, 0.3) is 0 Å². The molecule has 5 rings (SSSR count). The first-order chi connectivity index (χ1) is 21.4. The molecule has 9 heteroatoms. The molecule has 45 heavy (non-hydrogen) atoms. The number of ether oxygens (including phenoxy) is 2. The second-order valence-corrected chi connectivity index (χ2v) is 12.2. The van der Waals surface area contributed by atoms with E-state index in [9.17, 15) is 19.5 Å². The van der Waals surface area contributed by atoms with Crippen molar-refractivity contribution in [1.29, 1.82) is 0 Å². The number of hydrogen-bond donors (Lipinski definition) is 3. The lowest BCUT2D eigenvalue weighted by Gasteiger charge is -2.27. The highest BCUT2D eigenvalue weighted by atomic mass is 16.6. The SMILES string of the molecule is C=CC1CC1/C(O)=C\CCC.CC(C)(C)OC(=O)N1CCCC1C(N)=O.COc1ccc2c(=O)cc(-c3ccccc3)[nH]c2c1. The number of nitrogens with zero attached hydrogens (tertiary/aromatic N) is 1. The Balaban J connectivity index is 0.000000192. The molecule has 2 amide bonds. The fraction of sp³-hybridized carbons (Fsp3) is 0.417. The van der Waals surface area contributed by atoms with Crippen molar-refractivity contribution in [3.63, 3.8) is 0 Å². The lowest BCUT2D eigenvalue weighted by molar-refractivity contribution is -0.122. The molecule has 2 heterocycles. The number of aromatic amines is 1. The molecule has 2 aliphatic rings. The van der Waals surface area contributed by atoms with Crippen LogP contribution in [0.15, 0.2) is 83.9 Å². The number of pyridine rings is 1. The van der Waals surface area contributed by atoms with Crippen molar-refractivity contribution < 1.29 is 24.2 Å². The van der Waals surface area contributed by atoms with E-state index in [2.05, 4.69) is 18.5 Å². The molecule has 1 aromatic heterocycles. The largest absolute Gasteiger partial charge is 0.512 e. The lowest BCUT2D eigenvalue weighted by Crippen LogP contribution is -2.45. The standard InChI is InChI=1S/C16H13NO2.C10H18N2O3.C10H16O/c1-19-12-7-8-13-15(9-12)17-14(10-16(13)18)11-5-3-2-4-6-11;1-10(2,3)15-9(14)12-6-4-5-7(12)8(11)13;1-3-5-6-10(11)9-7-8(9)4-2/h2-10H,1H3,(H,17,18);7H,4-6H2,1-3H3,(H2,11,13);4,6,8-9,11H,2-3,5,7H2,1H3/b;;10-6+. The summed E-state index contributed by atoms with van der Waals surface area (Å²) in [7, 11) is 1.61. The summed E-state index contributed by atoms with van der Waals surface area (Å²) in [5, 5.41) is 10.1. The Hall–Kier alpha value is -4.53. The predicted molar refractivity (Wildman–Crippen MR) is 179 cm³/mol. The number of aliphatic hydroxyl groups excluding tert-OH is 1. The fourth-order valence-electron chi connectivity index (χ4n) is 4.99. The van der Waals surface area contributed by atoms with Crippen LogP contribution in [-0.4, -0.2) is 52.3 Å². The van der Waals surface area contributed by atoms with Crippen molar-refractivity contribution in [3.8, 4) is 17.0 Å². The number of primary amides is 1. The quantitative estimate of drug-likeness (QED) is 0.191. The zero-order valence-corrected chi connectivity index (χ0v) is 27.0. The number of allylic oxidation sites excluding steroid dienone is 3. The van der Waals surface area contributed by atoms with Gasteiger partial charge in [0.1, 0.15) is 17.4 Å². The summed E-state index contributed by atoms with van der Waals surface area (Å²) >= 11 is 0. The van der Waals surface area contributed by atoms with Crippen molar-refractivity contribution in [2.75, 3.05) is 13.7 Å². The van der Waals surface area contributed by atoms with Crippen molar-refractivity contribution in [3.05, 3.63) is 89.3 Å². The number of H-pyrrole nitrogens is 1.